The molecule has 1 amide bonds. The first-order valence-corrected chi connectivity index (χ1v) is 6.58. The molecule has 3 nitrogen and oxygen atoms in total. The van der Waals surface area contributed by atoms with E-state index in [2.05, 4.69) is 13.8 Å². The van der Waals surface area contributed by atoms with Gasteiger partial charge in [0.1, 0.15) is 6.10 Å². The van der Waals surface area contributed by atoms with Crippen molar-refractivity contribution in [1.29, 1.82) is 0 Å². The number of nitrogens with zero attached hydrogens (tertiary/aromatic N) is 1. The smallest absolute Gasteiger partial charge is 0.293 e. The number of carbonyl (C=O) groups excluding carboxylic acids is 1. The van der Waals surface area contributed by atoms with Crippen LogP contribution in [-0.2, 0) is 9.45 Å². The molecule has 1 unspecified atom stereocenters. The number of hydrogen-bond acceptors (Lipinski definition) is 2. The summed E-state index contributed by atoms with van der Waals surface area (Å²) in [4.78, 5) is 13.9. The molecule has 0 aromatic heterocycles. The third-order valence-electron chi connectivity index (χ3n) is 3.13. The van der Waals surface area contributed by atoms with Crippen LogP contribution >= 0.6 is 0 Å². The second-order valence-electron chi connectivity index (χ2n) is 4.45. The normalized spacial score (nSPS) is 12.0. The van der Waals surface area contributed by atoms with Crippen molar-refractivity contribution in [1.82, 2.24) is 0 Å². The van der Waals surface area contributed by atoms with Crippen molar-refractivity contribution in [3.05, 3.63) is 30.3 Å². The van der Waals surface area contributed by atoms with E-state index in [1.807, 2.05) is 37.3 Å². The molecule has 1 aromatic rings. The van der Waals surface area contributed by atoms with Crippen LogP contribution in [0.4, 0.5) is 5.69 Å². The molecule has 0 saturated carbocycles. The predicted molar refractivity (Wildman–Crippen MR) is 77.1 cm³/mol. The minimum atomic E-state index is -0.403. The van der Waals surface area contributed by atoms with Gasteiger partial charge in [-0.1, -0.05) is 44.7 Å². The van der Waals surface area contributed by atoms with Crippen molar-refractivity contribution >= 4 is 18.5 Å². The first kappa shape index (κ1) is 14.8. The van der Waals surface area contributed by atoms with Gasteiger partial charge in [-0.05, 0) is 19.1 Å². The summed E-state index contributed by atoms with van der Waals surface area (Å²) in [5.74, 6) is -0.00639. The van der Waals surface area contributed by atoms with Crippen molar-refractivity contribution < 1.29 is 9.45 Å². The molecule has 4 heteroatoms. The molecule has 0 aliphatic rings. The molecule has 0 fully saturated rings. The first-order chi connectivity index (χ1) is 8.60. The van der Waals surface area contributed by atoms with Crippen molar-refractivity contribution in [2.45, 2.75) is 39.5 Å². The van der Waals surface area contributed by atoms with Crippen LogP contribution in [0.15, 0.2) is 30.3 Å². The molecule has 0 aliphatic heterocycles. The van der Waals surface area contributed by atoms with Gasteiger partial charge in [-0.15, -0.1) is 0 Å². The zero-order valence-corrected chi connectivity index (χ0v) is 11.7. The van der Waals surface area contributed by atoms with E-state index in [1.54, 1.807) is 11.9 Å². The highest BCUT2D eigenvalue weighted by Gasteiger charge is 2.23. The molecule has 0 N–H and O–H groups in total. The van der Waals surface area contributed by atoms with Gasteiger partial charge < -0.3 is 9.55 Å². The predicted octanol–water partition coefficient (Wildman–Crippen LogP) is 3.09. The largest absolute Gasteiger partial charge is 0.425 e. The van der Waals surface area contributed by atoms with E-state index >= 15 is 0 Å². The second kappa shape index (κ2) is 7.22. The fraction of sp³-hybridized carbons (Fsp3) is 0.500. The highest BCUT2D eigenvalue weighted by atomic mass is 16.5. The van der Waals surface area contributed by atoms with Crippen LogP contribution in [0.25, 0.3) is 0 Å². The lowest BCUT2D eigenvalue weighted by Gasteiger charge is -2.24. The average molecular weight is 247 g/mol. The van der Waals surface area contributed by atoms with Gasteiger partial charge in [0.15, 0.2) is 0 Å². The Hall–Kier alpha value is -1.29. The molecule has 0 aliphatic carbocycles. The van der Waals surface area contributed by atoms with Crippen LogP contribution in [-0.4, -0.2) is 26.0 Å². The fourth-order valence-electron chi connectivity index (χ4n) is 1.88. The van der Waals surface area contributed by atoms with E-state index in [-0.39, 0.29) is 12.8 Å². The van der Waals surface area contributed by atoms with Gasteiger partial charge >= 0.3 is 0 Å². The Morgan fingerprint density at radius 3 is 2.33 bits per heavy atom. The SMILES string of the molecule is CCB(CC)OC(C)C(=O)N(C)c1ccccc1. The third-order valence-corrected chi connectivity index (χ3v) is 3.13. The van der Waals surface area contributed by atoms with Crippen molar-refractivity contribution in [3.8, 4) is 0 Å². The van der Waals surface area contributed by atoms with Crippen LogP contribution in [0.1, 0.15) is 20.8 Å². The Bertz CT molecular complexity index is 365. The Morgan fingerprint density at radius 1 is 1.28 bits per heavy atom. The van der Waals surface area contributed by atoms with E-state index in [9.17, 15) is 4.79 Å². The molecule has 1 aromatic carbocycles. The zero-order chi connectivity index (χ0) is 13.5. The van der Waals surface area contributed by atoms with Gasteiger partial charge in [0.05, 0.1) is 0 Å². The molecule has 0 radical (unpaired) electrons. The van der Waals surface area contributed by atoms with E-state index in [4.69, 9.17) is 4.65 Å². The molecule has 98 valence electrons. The Kier molecular flexibility index (Phi) is 5.92. The van der Waals surface area contributed by atoms with Gasteiger partial charge in [0.2, 0.25) is 0 Å². The summed E-state index contributed by atoms with van der Waals surface area (Å²) in [6.45, 7) is 6.13. The molecule has 1 rings (SSSR count). The Balaban J connectivity index is 2.63. The molecule has 0 bridgehead atoms. The minimum Gasteiger partial charge on any atom is -0.425 e. The van der Waals surface area contributed by atoms with Gasteiger partial charge in [0.25, 0.3) is 12.8 Å². The van der Waals surface area contributed by atoms with E-state index in [0.717, 1.165) is 18.3 Å². The quantitative estimate of drug-likeness (QED) is 0.723. The summed E-state index contributed by atoms with van der Waals surface area (Å²) < 4.78 is 5.76. The van der Waals surface area contributed by atoms with Crippen molar-refractivity contribution in [2.75, 3.05) is 11.9 Å². The molecule has 1 atom stereocenters. The lowest BCUT2D eigenvalue weighted by atomic mass is 9.62. The van der Waals surface area contributed by atoms with E-state index in [1.165, 1.54) is 0 Å². The van der Waals surface area contributed by atoms with Crippen LogP contribution in [0.5, 0.6) is 0 Å². The van der Waals surface area contributed by atoms with Gasteiger partial charge in [-0.25, -0.2) is 0 Å². The second-order valence-corrected chi connectivity index (χ2v) is 4.45. The average Bonchev–Trinajstić information content (AvgIpc) is 2.43. The third kappa shape index (κ3) is 3.88. The zero-order valence-electron chi connectivity index (χ0n) is 11.7. The maximum absolute atomic E-state index is 12.2. The number of carbonyl (C=O) groups is 1. The molecule has 0 saturated heterocycles. The minimum absolute atomic E-state index is 0.00639. The van der Waals surface area contributed by atoms with Gasteiger partial charge in [-0.2, -0.15) is 0 Å². The first-order valence-electron chi connectivity index (χ1n) is 6.58. The highest BCUT2D eigenvalue weighted by Crippen LogP contribution is 2.14. The molecule has 18 heavy (non-hydrogen) atoms. The summed E-state index contributed by atoms with van der Waals surface area (Å²) in [5.41, 5.74) is 0.891. The maximum Gasteiger partial charge on any atom is 0.293 e. The number of para-hydroxylation sites is 1. The van der Waals surface area contributed by atoms with Crippen molar-refractivity contribution in [3.63, 3.8) is 0 Å². The van der Waals surface area contributed by atoms with Crippen LogP contribution in [0.2, 0.25) is 12.6 Å². The number of amides is 1. The van der Waals surface area contributed by atoms with E-state index < -0.39 is 6.10 Å². The standard InChI is InChI=1S/C14H22BNO2/c1-5-15(6-2)18-12(3)14(17)16(4)13-10-8-7-9-11-13/h7-12H,5-6H2,1-4H3. The lowest BCUT2D eigenvalue weighted by Crippen LogP contribution is -2.39. The maximum atomic E-state index is 12.2. The highest BCUT2D eigenvalue weighted by molar-refractivity contribution is 6.51. The number of hydrogen-bond donors (Lipinski definition) is 0. The lowest BCUT2D eigenvalue weighted by molar-refractivity contribution is -0.124. The molecular formula is C14H22BNO2. The molecule has 0 spiro atoms. The van der Waals surface area contributed by atoms with Gasteiger partial charge in [-0.3, -0.25) is 4.79 Å². The summed E-state index contributed by atoms with van der Waals surface area (Å²) in [7, 11) is 1.78. The Morgan fingerprint density at radius 2 is 1.83 bits per heavy atom. The van der Waals surface area contributed by atoms with Gasteiger partial charge in [0, 0.05) is 12.7 Å². The number of anilines is 1. The fourth-order valence-corrected chi connectivity index (χ4v) is 1.88. The monoisotopic (exact) mass is 247 g/mol. The van der Waals surface area contributed by atoms with Crippen molar-refractivity contribution in [2.24, 2.45) is 0 Å². The number of likely N-dealkylation sites (N-methyl/N-ethyl adjacent to an activating group) is 1. The summed E-state index contributed by atoms with van der Waals surface area (Å²) >= 11 is 0. The summed E-state index contributed by atoms with van der Waals surface area (Å²) in [6.07, 6.45) is 1.46. The van der Waals surface area contributed by atoms with Crippen LogP contribution < -0.4 is 4.90 Å². The van der Waals surface area contributed by atoms with Crippen LogP contribution in [0, 0.1) is 0 Å². The summed E-state index contributed by atoms with van der Waals surface area (Å²) in [6, 6.07) is 9.62. The molecule has 0 heterocycles. The van der Waals surface area contributed by atoms with E-state index in [0.29, 0.717) is 0 Å². The molecular weight excluding hydrogens is 225 g/mol. The Labute approximate surface area is 110 Å². The number of rotatable bonds is 6. The number of benzene rings is 1. The summed E-state index contributed by atoms with van der Waals surface area (Å²) in [5, 5.41) is 0. The topological polar surface area (TPSA) is 29.5 Å². The van der Waals surface area contributed by atoms with Crippen LogP contribution in [0.3, 0.4) is 0 Å².